The number of amides is 2. The quantitative estimate of drug-likeness (QED) is 0.352. The Labute approximate surface area is 155 Å². The molecule has 0 aromatic heterocycles. The maximum Gasteiger partial charge on any atom is 0.277 e. The molecule has 1 aliphatic heterocycles. The lowest BCUT2D eigenvalue weighted by molar-refractivity contribution is -0.383. The minimum atomic E-state index is -0.437. The number of carbonyl (C=O) groups is 2. The van der Waals surface area contributed by atoms with Gasteiger partial charge in [0.2, 0.25) is 11.8 Å². The summed E-state index contributed by atoms with van der Waals surface area (Å²) in [6, 6.07) is 9.81. The van der Waals surface area contributed by atoms with Gasteiger partial charge in [0, 0.05) is 11.5 Å². The van der Waals surface area contributed by atoms with Gasteiger partial charge in [-0.2, -0.15) is 0 Å². The number of hydrogen-bond donors (Lipinski definition) is 0. The highest BCUT2D eigenvalue weighted by molar-refractivity contribution is 6.25. The lowest BCUT2D eigenvalue weighted by Gasteiger charge is -2.27. The molecule has 3 aliphatic carbocycles. The van der Waals surface area contributed by atoms with Crippen molar-refractivity contribution in [3.8, 4) is 0 Å². The van der Waals surface area contributed by atoms with Crippen LogP contribution in [0.3, 0.4) is 0 Å². The predicted octanol–water partition coefficient (Wildman–Crippen LogP) is 3.84. The highest BCUT2D eigenvalue weighted by Crippen LogP contribution is 2.49. The molecule has 6 nitrogen and oxygen atoms in total. The van der Waals surface area contributed by atoms with Crippen LogP contribution >= 0.6 is 0 Å². The second-order valence-corrected chi connectivity index (χ2v) is 7.61. The normalized spacial score (nSPS) is 29.3. The molecule has 1 heterocycles. The Morgan fingerprint density at radius 2 is 1.48 bits per heavy atom. The molecule has 1 saturated heterocycles. The van der Waals surface area contributed by atoms with Crippen molar-refractivity contribution in [2.45, 2.75) is 19.3 Å². The van der Waals surface area contributed by atoms with Crippen molar-refractivity contribution >= 4 is 34.0 Å². The van der Waals surface area contributed by atoms with Gasteiger partial charge in [-0.05, 0) is 36.8 Å². The van der Waals surface area contributed by atoms with Gasteiger partial charge in [0.05, 0.1) is 27.8 Å². The van der Waals surface area contributed by atoms with Crippen LogP contribution in [0, 0.1) is 33.8 Å². The Hall–Kier alpha value is -3.02. The summed E-state index contributed by atoms with van der Waals surface area (Å²) in [5.74, 6) is -0.706. The second-order valence-electron chi connectivity index (χ2n) is 7.61. The topological polar surface area (TPSA) is 80.5 Å². The van der Waals surface area contributed by atoms with E-state index < -0.39 is 4.92 Å². The first-order chi connectivity index (χ1) is 13.1. The molecule has 2 bridgehead atoms. The van der Waals surface area contributed by atoms with Crippen molar-refractivity contribution in [1.82, 2.24) is 0 Å². The molecule has 4 atom stereocenters. The number of imide groups is 1. The third-order valence-corrected chi connectivity index (χ3v) is 6.32. The van der Waals surface area contributed by atoms with E-state index >= 15 is 0 Å². The predicted molar refractivity (Wildman–Crippen MR) is 100 cm³/mol. The molecular formula is C21H18N2O4. The molecule has 6 heteroatoms. The maximum absolute atomic E-state index is 13.3. The Bertz CT molecular complexity index is 996. The summed E-state index contributed by atoms with van der Waals surface area (Å²) in [7, 11) is 0. The number of fused-ring (bicyclic) bond motifs is 3. The highest BCUT2D eigenvalue weighted by atomic mass is 16.6. The first-order valence-electron chi connectivity index (χ1n) is 9.30. The van der Waals surface area contributed by atoms with Crippen LogP contribution in [0.2, 0.25) is 0 Å². The van der Waals surface area contributed by atoms with E-state index in [1.807, 2.05) is 0 Å². The first kappa shape index (κ1) is 16.2. The summed E-state index contributed by atoms with van der Waals surface area (Å²) in [6.07, 6.45) is 7.13. The molecule has 2 aromatic carbocycles. The zero-order valence-corrected chi connectivity index (χ0v) is 14.6. The SMILES string of the molecule is O=C1[C@@H]2[C@H](C(=O)N1c1ccc([N+](=O)[O-])c3ccccc13)[C@@H]1C=C[C@H]2CCC1. The van der Waals surface area contributed by atoms with E-state index in [2.05, 4.69) is 12.2 Å². The summed E-state index contributed by atoms with van der Waals surface area (Å²) in [5, 5.41) is 12.4. The number of benzene rings is 2. The van der Waals surface area contributed by atoms with Gasteiger partial charge in [0.15, 0.2) is 0 Å². The Morgan fingerprint density at radius 1 is 0.889 bits per heavy atom. The number of carbonyl (C=O) groups excluding carboxylic acids is 2. The van der Waals surface area contributed by atoms with Gasteiger partial charge in [0.1, 0.15) is 0 Å². The van der Waals surface area contributed by atoms with Gasteiger partial charge < -0.3 is 0 Å². The largest absolute Gasteiger partial charge is 0.277 e. The van der Waals surface area contributed by atoms with Crippen LogP contribution in [0.5, 0.6) is 0 Å². The second kappa shape index (κ2) is 5.74. The minimum absolute atomic E-state index is 0.0237. The number of nitrogens with zero attached hydrogens (tertiary/aromatic N) is 2. The first-order valence-corrected chi connectivity index (χ1v) is 9.30. The van der Waals surface area contributed by atoms with E-state index in [-0.39, 0.29) is 41.2 Å². The van der Waals surface area contributed by atoms with Crippen molar-refractivity contribution in [3.05, 3.63) is 58.7 Å². The monoisotopic (exact) mass is 362 g/mol. The lowest BCUT2D eigenvalue weighted by Crippen LogP contribution is -2.32. The van der Waals surface area contributed by atoms with E-state index in [1.54, 1.807) is 24.3 Å². The number of allylic oxidation sites excluding steroid dienone is 2. The number of hydrogen-bond acceptors (Lipinski definition) is 4. The summed E-state index contributed by atoms with van der Waals surface area (Å²) >= 11 is 0. The van der Waals surface area contributed by atoms with Crippen molar-refractivity contribution in [2.75, 3.05) is 4.90 Å². The van der Waals surface area contributed by atoms with E-state index in [1.165, 1.54) is 17.0 Å². The zero-order valence-electron chi connectivity index (χ0n) is 14.6. The average molecular weight is 362 g/mol. The Kier molecular flexibility index (Phi) is 3.44. The van der Waals surface area contributed by atoms with E-state index in [9.17, 15) is 19.7 Å². The number of rotatable bonds is 2. The summed E-state index contributed by atoms with van der Waals surface area (Å²) in [4.78, 5) is 38.8. The van der Waals surface area contributed by atoms with E-state index in [4.69, 9.17) is 0 Å². The van der Waals surface area contributed by atoms with Crippen LogP contribution in [0.25, 0.3) is 10.8 Å². The number of nitro benzene ring substituents is 1. The molecule has 4 aliphatic rings. The fourth-order valence-corrected chi connectivity index (χ4v) is 5.14. The molecule has 6 rings (SSSR count). The van der Waals surface area contributed by atoms with Crippen LogP contribution in [0.15, 0.2) is 48.6 Å². The van der Waals surface area contributed by atoms with Gasteiger partial charge in [-0.15, -0.1) is 0 Å². The minimum Gasteiger partial charge on any atom is -0.274 e. The van der Waals surface area contributed by atoms with Crippen molar-refractivity contribution in [1.29, 1.82) is 0 Å². The van der Waals surface area contributed by atoms with Gasteiger partial charge in [-0.1, -0.05) is 36.8 Å². The molecule has 2 aromatic rings. The van der Waals surface area contributed by atoms with E-state index in [0.29, 0.717) is 16.5 Å². The standard InChI is InChI=1S/C21H18N2O4/c24-20-18-12-4-3-5-13(9-8-12)19(18)21(25)22(20)16-10-11-17(23(26)27)15-7-2-1-6-14(15)16/h1-2,6-13,18-19H,3-5H2/t12-,13+,18+,19-. The molecular weight excluding hydrogens is 344 g/mol. The zero-order chi connectivity index (χ0) is 18.7. The highest BCUT2D eigenvalue weighted by Gasteiger charge is 2.55. The average Bonchev–Trinajstić information content (AvgIpc) is 2.87. The Balaban J connectivity index is 1.67. The van der Waals surface area contributed by atoms with Gasteiger partial charge in [0.25, 0.3) is 5.69 Å². The number of non-ortho nitro benzene ring substituents is 1. The van der Waals surface area contributed by atoms with Gasteiger partial charge in [-0.25, -0.2) is 4.90 Å². The molecule has 0 spiro atoms. The van der Waals surface area contributed by atoms with Crippen molar-refractivity contribution in [2.24, 2.45) is 23.7 Å². The molecule has 0 radical (unpaired) electrons. The van der Waals surface area contributed by atoms with Gasteiger partial charge in [-0.3, -0.25) is 19.7 Å². The summed E-state index contributed by atoms with van der Waals surface area (Å²) in [6.45, 7) is 0. The van der Waals surface area contributed by atoms with Crippen LogP contribution in [-0.2, 0) is 9.59 Å². The molecule has 1 saturated carbocycles. The smallest absolute Gasteiger partial charge is 0.274 e. The lowest BCUT2D eigenvalue weighted by atomic mass is 9.73. The molecule has 136 valence electrons. The Morgan fingerprint density at radius 3 is 2.07 bits per heavy atom. The number of anilines is 1. The third-order valence-electron chi connectivity index (χ3n) is 6.32. The molecule has 0 N–H and O–H groups in total. The number of nitro groups is 1. The molecule has 2 amide bonds. The molecule has 2 fully saturated rings. The van der Waals surface area contributed by atoms with Crippen LogP contribution in [0.1, 0.15) is 19.3 Å². The summed E-state index contributed by atoms with van der Waals surface area (Å²) in [5.41, 5.74) is 0.433. The molecule has 27 heavy (non-hydrogen) atoms. The van der Waals surface area contributed by atoms with Crippen LogP contribution < -0.4 is 4.90 Å². The van der Waals surface area contributed by atoms with Gasteiger partial charge >= 0.3 is 0 Å². The van der Waals surface area contributed by atoms with Crippen molar-refractivity contribution in [3.63, 3.8) is 0 Å². The van der Waals surface area contributed by atoms with Crippen molar-refractivity contribution < 1.29 is 14.5 Å². The maximum atomic E-state index is 13.3. The fraction of sp³-hybridized carbons (Fsp3) is 0.333. The van der Waals surface area contributed by atoms with Crippen LogP contribution in [0.4, 0.5) is 11.4 Å². The summed E-state index contributed by atoms with van der Waals surface area (Å²) < 4.78 is 0. The molecule has 0 unspecified atom stereocenters. The van der Waals surface area contributed by atoms with E-state index in [0.717, 1.165) is 19.3 Å². The fourth-order valence-electron chi connectivity index (χ4n) is 5.14. The third kappa shape index (κ3) is 2.19. The van der Waals surface area contributed by atoms with Crippen LogP contribution in [-0.4, -0.2) is 16.7 Å².